The fraction of sp³-hybridized carbons (Fsp3) is 0.100. The van der Waals surface area contributed by atoms with Crippen LogP contribution in [0, 0.1) is 13.8 Å². The summed E-state index contributed by atoms with van der Waals surface area (Å²) in [4.78, 5) is 27.3. The van der Waals surface area contributed by atoms with Crippen molar-refractivity contribution in [2.24, 2.45) is 0 Å². The Morgan fingerprint density at radius 2 is 2.00 bits per heavy atom. The molecule has 2 N–H and O–H groups in total. The first-order valence-electron chi connectivity index (χ1n) is 8.68. The van der Waals surface area contributed by atoms with Crippen LogP contribution in [0.4, 0.5) is 5.95 Å². The molecule has 4 aromatic heterocycles. The number of aromatic amines is 1. The van der Waals surface area contributed by atoms with Gasteiger partial charge in [0, 0.05) is 4.88 Å². The molecule has 7 nitrogen and oxygen atoms in total. The standard InChI is InChI=1S/C20H15N5O2S/c1-10-7-8-16(28-10)15-9-12(17-11(2)25-27-19(17)21-15)18(26)24-20-22-13-5-3-4-6-14(13)23-20/h3-9H,1-2H3,(H2,22,23,24,26). The Labute approximate surface area is 163 Å². The van der Waals surface area contributed by atoms with E-state index in [1.165, 1.54) is 4.88 Å². The molecular weight excluding hydrogens is 374 g/mol. The lowest BCUT2D eigenvalue weighted by Crippen LogP contribution is -2.14. The average Bonchev–Trinajstić information content (AvgIpc) is 3.39. The zero-order chi connectivity index (χ0) is 19.3. The number of amides is 1. The van der Waals surface area contributed by atoms with E-state index in [0.29, 0.717) is 34.0 Å². The molecule has 0 saturated heterocycles. The number of nitrogens with zero attached hydrogens (tertiary/aromatic N) is 3. The number of imidazole rings is 1. The van der Waals surface area contributed by atoms with E-state index in [1.54, 1.807) is 24.3 Å². The Bertz CT molecular complexity index is 1310. The molecule has 5 rings (SSSR count). The molecule has 4 heterocycles. The Balaban J connectivity index is 1.59. The second-order valence-electron chi connectivity index (χ2n) is 6.47. The number of thiophene rings is 1. The highest BCUT2D eigenvalue weighted by Crippen LogP contribution is 2.31. The first-order valence-corrected chi connectivity index (χ1v) is 9.50. The topological polar surface area (TPSA) is 96.7 Å². The van der Waals surface area contributed by atoms with E-state index in [4.69, 9.17) is 4.52 Å². The molecule has 0 aliphatic heterocycles. The predicted molar refractivity (Wildman–Crippen MR) is 109 cm³/mol. The van der Waals surface area contributed by atoms with Crippen molar-refractivity contribution < 1.29 is 9.32 Å². The van der Waals surface area contributed by atoms with Gasteiger partial charge in [0.1, 0.15) is 0 Å². The van der Waals surface area contributed by atoms with Crippen LogP contribution in [-0.2, 0) is 0 Å². The second-order valence-corrected chi connectivity index (χ2v) is 7.76. The number of hydrogen-bond acceptors (Lipinski definition) is 6. The van der Waals surface area contributed by atoms with Crippen molar-refractivity contribution in [2.75, 3.05) is 5.32 Å². The summed E-state index contributed by atoms with van der Waals surface area (Å²) >= 11 is 1.61. The number of nitrogens with one attached hydrogen (secondary N) is 2. The quantitative estimate of drug-likeness (QED) is 0.466. The second kappa shape index (κ2) is 6.28. The number of hydrogen-bond donors (Lipinski definition) is 2. The lowest BCUT2D eigenvalue weighted by Gasteiger charge is -2.05. The number of H-pyrrole nitrogens is 1. The molecule has 1 amide bonds. The first-order chi connectivity index (χ1) is 13.6. The van der Waals surface area contributed by atoms with Crippen molar-refractivity contribution in [1.82, 2.24) is 20.1 Å². The van der Waals surface area contributed by atoms with Gasteiger partial charge in [-0.25, -0.2) is 9.97 Å². The highest BCUT2D eigenvalue weighted by atomic mass is 32.1. The molecule has 28 heavy (non-hydrogen) atoms. The fourth-order valence-corrected chi connectivity index (χ4v) is 3.99. The van der Waals surface area contributed by atoms with Crippen molar-refractivity contribution in [3.8, 4) is 10.6 Å². The number of carbonyl (C=O) groups is 1. The van der Waals surface area contributed by atoms with E-state index in [2.05, 4.69) is 25.4 Å². The number of para-hydroxylation sites is 2. The van der Waals surface area contributed by atoms with Crippen LogP contribution in [-0.4, -0.2) is 26.0 Å². The molecule has 0 spiro atoms. The third-order valence-corrected chi connectivity index (χ3v) is 5.50. The van der Waals surface area contributed by atoms with Crippen LogP contribution in [0.3, 0.4) is 0 Å². The Morgan fingerprint density at radius 1 is 1.14 bits per heavy atom. The smallest absolute Gasteiger partial charge is 0.259 e. The number of anilines is 1. The summed E-state index contributed by atoms with van der Waals surface area (Å²) in [5, 5.41) is 7.43. The van der Waals surface area contributed by atoms with E-state index >= 15 is 0 Å². The van der Waals surface area contributed by atoms with E-state index < -0.39 is 0 Å². The highest BCUT2D eigenvalue weighted by molar-refractivity contribution is 7.15. The van der Waals surface area contributed by atoms with Gasteiger partial charge in [0.25, 0.3) is 11.6 Å². The zero-order valence-electron chi connectivity index (χ0n) is 15.1. The normalized spacial score (nSPS) is 11.4. The molecule has 5 aromatic rings. The summed E-state index contributed by atoms with van der Waals surface area (Å²) in [6, 6.07) is 13.4. The summed E-state index contributed by atoms with van der Waals surface area (Å²) in [7, 11) is 0. The van der Waals surface area contributed by atoms with Crippen molar-refractivity contribution in [3.63, 3.8) is 0 Å². The van der Waals surface area contributed by atoms with Gasteiger partial charge in [-0.15, -0.1) is 11.3 Å². The minimum absolute atomic E-state index is 0.299. The summed E-state index contributed by atoms with van der Waals surface area (Å²) in [6.45, 7) is 3.82. The number of aromatic nitrogens is 4. The van der Waals surface area contributed by atoms with Crippen LogP contribution < -0.4 is 5.32 Å². The van der Waals surface area contributed by atoms with E-state index in [0.717, 1.165) is 15.9 Å². The number of pyridine rings is 1. The minimum atomic E-state index is -0.299. The maximum absolute atomic E-state index is 13.1. The van der Waals surface area contributed by atoms with Gasteiger partial charge in [0.2, 0.25) is 5.95 Å². The van der Waals surface area contributed by atoms with Gasteiger partial charge in [0.05, 0.1) is 38.2 Å². The third-order valence-electron chi connectivity index (χ3n) is 4.48. The lowest BCUT2D eigenvalue weighted by molar-refractivity contribution is 0.102. The SMILES string of the molecule is Cc1ccc(-c2cc(C(=O)Nc3nc4ccccc4[nH]3)c3c(C)noc3n2)s1. The molecule has 1 aromatic carbocycles. The summed E-state index contributed by atoms with van der Waals surface area (Å²) in [6.07, 6.45) is 0. The van der Waals surface area contributed by atoms with Crippen LogP contribution in [0.25, 0.3) is 32.7 Å². The van der Waals surface area contributed by atoms with Gasteiger partial charge in [-0.3, -0.25) is 10.1 Å². The maximum atomic E-state index is 13.1. The van der Waals surface area contributed by atoms with Crippen molar-refractivity contribution in [3.05, 3.63) is 58.6 Å². The van der Waals surface area contributed by atoms with E-state index in [-0.39, 0.29) is 5.91 Å². The number of benzene rings is 1. The molecule has 0 bridgehead atoms. The largest absolute Gasteiger partial charge is 0.335 e. The minimum Gasteiger partial charge on any atom is -0.335 e. The molecule has 0 saturated carbocycles. The number of aryl methyl sites for hydroxylation is 2. The first kappa shape index (κ1) is 16.6. The monoisotopic (exact) mass is 389 g/mol. The Morgan fingerprint density at radius 3 is 2.79 bits per heavy atom. The van der Waals surface area contributed by atoms with Crippen molar-refractivity contribution in [2.45, 2.75) is 13.8 Å². The molecule has 0 radical (unpaired) electrons. The summed E-state index contributed by atoms with van der Waals surface area (Å²) in [5.74, 6) is 0.0890. The lowest BCUT2D eigenvalue weighted by atomic mass is 10.1. The molecule has 138 valence electrons. The molecule has 8 heteroatoms. The Hall–Kier alpha value is -3.52. The van der Waals surface area contributed by atoms with Crippen LogP contribution >= 0.6 is 11.3 Å². The molecular formula is C20H15N5O2S. The van der Waals surface area contributed by atoms with Gasteiger partial charge in [0.15, 0.2) is 0 Å². The van der Waals surface area contributed by atoms with E-state index in [9.17, 15) is 4.79 Å². The molecule has 0 aliphatic carbocycles. The van der Waals surface area contributed by atoms with E-state index in [1.807, 2.05) is 43.3 Å². The van der Waals surface area contributed by atoms with Crippen LogP contribution in [0.15, 0.2) is 47.0 Å². The Kier molecular flexibility index (Phi) is 3.73. The van der Waals surface area contributed by atoms with Gasteiger partial charge in [-0.1, -0.05) is 17.3 Å². The van der Waals surface area contributed by atoms with Crippen molar-refractivity contribution in [1.29, 1.82) is 0 Å². The van der Waals surface area contributed by atoms with Crippen LogP contribution in [0.1, 0.15) is 20.9 Å². The third kappa shape index (κ3) is 2.74. The zero-order valence-corrected chi connectivity index (χ0v) is 15.9. The molecule has 0 atom stereocenters. The number of carbonyl (C=O) groups excluding carboxylic acids is 1. The van der Waals surface area contributed by atoms with Crippen molar-refractivity contribution >= 4 is 45.3 Å². The molecule has 0 fully saturated rings. The summed E-state index contributed by atoms with van der Waals surface area (Å²) in [5.41, 5.74) is 3.73. The van der Waals surface area contributed by atoms with Crippen LogP contribution in [0.2, 0.25) is 0 Å². The highest BCUT2D eigenvalue weighted by Gasteiger charge is 2.20. The summed E-state index contributed by atoms with van der Waals surface area (Å²) < 4.78 is 5.35. The fourth-order valence-electron chi connectivity index (χ4n) is 3.16. The van der Waals surface area contributed by atoms with Crippen LogP contribution in [0.5, 0.6) is 0 Å². The van der Waals surface area contributed by atoms with Gasteiger partial charge in [-0.2, -0.15) is 0 Å². The average molecular weight is 389 g/mol. The number of rotatable bonds is 3. The van der Waals surface area contributed by atoms with Gasteiger partial charge < -0.3 is 9.51 Å². The van der Waals surface area contributed by atoms with Gasteiger partial charge >= 0.3 is 0 Å². The molecule has 0 unspecified atom stereocenters. The number of fused-ring (bicyclic) bond motifs is 2. The predicted octanol–water partition coefficient (Wildman–Crippen LogP) is 4.70. The molecule has 0 aliphatic rings. The van der Waals surface area contributed by atoms with Gasteiger partial charge in [-0.05, 0) is 44.2 Å². The maximum Gasteiger partial charge on any atom is 0.259 e.